The Morgan fingerprint density at radius 2 is 1.15 bits per heavy atom. The van der Waals surface area contributed by atoms with E-state index >= 15 is 0 Å². The molecule has 1 N–H and O–H groups in total. The van der Waals surface area contributed by atoms with Crippen molar-refractivity contribution in [2.75, 3.05) is 87.4 Å². The van der Waals surface area contributed by atoms with Gasteiger partial charge in [0.1, 0.15) is 19.6 Å². The van der Waals surface area contributed by atoms with Gasteiger partial charge in [-0.3, -0.25) is 0 Å². The van der Waals surface area contributed by atoms with E-state index in [1.54, 1.807) is 0 Å². The van der Waals surface area contributed by atoms with Gasteiger partial charge in [-0.05, 0) is 6.42 Å². The van der Waals surface area contributed by atoms with Crippen molar-refractivity contribution in [3.63, 3.8) is 0 Å². The molecule has 0 aliphatic rings. The fraction of sp³-hybridized carbons (Fsp3) is 1.00. The lowest BCUT2D eigenvalue weighted by molar-refractivity contribution is -0.891. The molecule has 0 spiro atoms. The van der Waals surface area contributed by atoms with Crippen LogP contribution in [0.3, 0.4) is 0 Å². The molecule has 0 aromatic rings. The van der Waals surface area contributed by atoms with Crippen LogP contribution in [-0.2, 0) is 9.47 Å². The van der Waals surface area contributed by atoms with E-state index in [0.29, 0.717) is 19.8 Å². The van der Waals surface area contributed by atoms with Crippen LogP contribution in [0.2, 0.25) is 0 Å². The Labute approximate surface area is 125 Å². The van der Waals surface area contributed by atoms with Crippen molar-refractivity contribution in [1.82, 2.24) is 0 Å². The van der Waals surface area contributed by atoms with Gasteiger partial charge in [-0.15, -0.1) is 0 Å². The Morgan fingerprint density at radius 3 is 1.55 bits per heavy atom. The zero-order valence-electron chi connectivity index (χ0n) is 14.2. The fourth-order valence-corrected chi connectivity index (χ4v) is 2.04. The van der Waals surface area contributed by atoms with Crippen LogP contribution in [0, 0.1) is 0 Å². The number of nitrogens with zero attached hydrogens (tertiary/aromatic N) is 2. The van der Waals surface area contributed by atoms with E-state index in [2.05, 4.69) is 35.1 Å². The lowest BCUT2D eigenvalue weighted by Gasteiger charge is -2.29. The fourth-order valence-electron chi connectivity index (χ4n) is 2.04. The minimum atomic E-state index is 0.224. The van der Waals surface area contributed by atoms with E-state index < -0.39 is 0 Å². The molecule has 0 aromatic carbocycles. The summed E-state index contributed by atoms with van der Waals surface area (Å²) in [4.78, 5) is 0. The number of rotatable bonds is 13. The lowest BCUT2D eigenvalue weighted by Crippen LogP contribution is -2.44. The van der Waals surface area contributed by atoms with Crippen LogP contribution in [0.1, 0.15) is 13.3 Å². The highest BCUT2D eigenvalue weighted by molar-refractivity contribution is 4.37. The second kappa shape index (κ2) is 10.5. The molecule has 5 nitrogen and oxygen atoms in total. The first-order valence-electron chi connectivity index (χ1n) is 7.73. The van der Waals surface area contributed by atoms with E-state index in [1.165, 1.54) is 13.0 Å². The molecular weight excluding hydrogens is 256 g/mol. The quantitative estimate of drug-likeness (QED) is 0.398. The first-order valence-corrected chi connectivity index (χ1v) is 7.73. The number of hydrogen-bond acceptors (Lipinski definition) is 3. The summed E-state index contributed by atoms with van der Waals surface area (Å²) in [7, 11) is 8.68. The molecule has 0 fully saturated rings. The highest BCUT2D eigenvalue weighted by Gasteiger charge is 2.14. The molecule has 0 rings (SSSR count). The second-order valence-electron chi connectivity index (χ2n) is 6.71. The zero-order chi connectivity index (χ0) is 15.5. The smallest absolute Gasteiger partial charge is 0.102 e. The maximum atomic E-state index is 8.93. The molecule has 0 radical (unpaired) electrons. The molecular formula is C15H36N2O3+2. The molecule has 0 heterocycles. The minimum Gasteiger partial charge on any atom is -0.391 e. The Hall–Kier alpha value is -0.200. The number of ether oxygens (including phenoxy) is 2. The molecule has 0 atom stereocenters. The van der Waals surface area contributed by atoms with Crippen LogP contribution in [0.4, 0.5) is 0 Å². The Kier molecular flexibility index (Phi) is 10.4. The molecule has 0 aliphatic carbocycles. The number of aliphatic hydroxyl groups is 1. The van der Waals surface area contributed by atoms with Crippen molar-refractivity contribution in [3.8, 4) is 0 Å². The molecule has 0 bridgehead atoms. The SMILES string of the molecule is CCC[N+](C)(C)CCOCCOCC[N+](C)(C)CCO. The third-order valence-electron chi connectivity index (χ3n) is 3.59. The predicted molar refractivity (Wildman–Crippen MR) is 82.7 cm³/mol. The van der Waals surface area contributed by atoms with Gasteiger partial charge >= 0.3 is 0 Å². The van der Waals surface area contributed by atoms with Gasteiger partial charge in [-0.1, -0.05) is 6.92 Å². The minimum absolute atomic E-state index is 0.224. The summed E-state index contributed by atoms with van der Waals surface area (Å²) in [6.45, 7) is 9.20. The van der Waals surface area contributed by atoms with Crippen LogP contribution in [0.15, 0.2) is 0 Å². The third kappa shape index (κ3) is 11.6. The molecule has 20 heavy (non-hydrogen) atoms. The van der Waals surface area contributed by atoms with Crippen molar-refractivity contribution in [2.45, 2.75) is 13.3 Å². The van der Waals surface area contributed by atoms with Crippen LogP contribution >= 0.6 is 0 Å². The lowest BCUT2D eigenvalue weighted by atomic mass is 10.4. The van der Waals surface area contributed by atoms with E-state index in [-0.39, 0.29) is 6.61 Å². The van der Waals surface area contributed by atoms with Crippen LogP contribution < -0.4 is 0 Å². The molecule has 0 aliphatic heterocycles. The Bertz CT molecular complexity index is 209. The zero-order valence-corrected chi connectivity index (χ0v) is 14.2. The van der Waals surface area contributed by atoms with Crippen molar-refractivity contribution in [3.05, 3.63) is 0 Å². The second-order valence-corrected chi connectivity index (χ2v) is 6.71. The van der Waals surface area contributed by atoms with Gasteiger partial charge in [-0.25, -0.2) is 0 Å². The van der Waals surface area contributed by atoms with Gasteiger partial charge in [0.25, 0.3) is 0 Å². The first-order chi connectivity index (χ1) is 9.33. The van der Waals surface area contributed by atoms with E-state index in [0.717, 1.165) is 35.2 Å². The maximum absolute atomic E-state index is 8.93. The Morgan fingerprint density at radius 1 is 0.700 bits per heavy atom. The molecule has 0 saturated carbocycles. The molecule has 0 unspecified atom stereocenters. The highest BCUT2D eigenvalue weighted by Crippen LogP contribution is 1.99. The number of likely N-dealkylation sites (N-methyl/N-ethyl adjacent to an activating group) is 2. The number of aliphatic hydroxyl groups excluding tert-OH is 1. The van der Waals surface area contributed by atoms with E-state index in [4.69, 9.17) is 14.6 Å². The van der Waals surface area contributed by atoms with Crippen molar-refractivity contribution < 1.29 is 23.5 Å². The molecule has 0 amide bonds. The van der Waals surface area contributed by atoms with Crippen LogP contribution in [0.25, 0.3) is 0 Å². The van der Waals surface area contributed by atoms with Crippen molar-refractivity contribution >= 4 is 0 Å². The molecule has 0 saturated heterocycles. The number of hydrogen-bond donors (Lipinski definition) is 1. The first kappa shape index (κ1) is 19.8. The summed E-state index contributed by atoms with van der Waals surface area (Å²) in [5, 5.41) is 8.93. The molecule has 122 valence electrons. The Balaban J connectivity index is 3.41. The summed E-state index contributed by atoms with van der Waals surface area (Å²) in [6.07, 6.45) is 1.21. The predicted octanol–water partition coefficient (Wildman–Crippen LogP) is 0.575. The van der Waals surface area contributed by atoms with Gasteiger partial charge in [0.15, 0.2) is 0 Å². The monoisotopic (exact) mass is 292 g/mol. The molecule has 0 aromatic heterocycles. The summed E-state index contributed by atoms with van der Waals surface area (Å²) in [5.41, 5.74) is 0. The van der Waals surface area contributed by atoms with E-state index in [1.807, 2.05) is 0 Å². The van der Waals surface area contributed by atoms with Crippen LogP contribution in [0.5, 0.6) is 0 Å². The average molecular weight is 292 g/mol. The topological polar surface area (TPSA) is 38.7 Å². The average Bonchev–Trinajstić information content (AvgIpc) is 2.32. The summed E-state index contributed by atoms with van der Waals surface area (Å²) in [6, 6.07) is 0. The van der Waals surface area contributed by atoms with Gasteiger partial charge in [0, 0.05) is 0 Å². The van der Waals surface area contributed by atoms with Crippen LogP contribution in [-0.4, -0.2) is 101 Å². The third-order valence-corrected chi connectivity index (χ3v) is 3.59. The van der Waals surface area contributed by atoms with Gasteiger partial charge in [-0.2, -0.15) is 0 Å². The summed E-state index contributed by atoms with van der Waals surface area (Å²) in [5.74, 6) is 0. The maximum Gasteiger partial charge on any atom is 0.102 e. The molecule has 5 heteroatoms. The standard InChI is InChI=1S/C15H36N2O3/c1-6-7-16(2,3)9-12-19-14-15-20-13-10-17(4,5)8-11-18/h18H,6-15H2,1-5H3/q+2. The summed E-state index contributed by atoms with van der Waals surface area (Å²) >= 11 is 0. The number of quaternary nitrogens is 2. The van der Waals surface area contributed by atoms with Crippen molar-refractivity contribution in [2.24, 2.45) is 0 Å². The van der Waals surface area contributed by atoms with Crippen molar-refractivity contribution in [1.29, 1.82) is 0 Å². The highest BCUT2D eigenvalue weighted by atomic mass is 16.5. The van der Waals surface area contributed by atoms with Gasteiger partial charge in [0.05, 0.1) is 67.8 Å². The van der Waals surface area contributed by atoms with E-state index in [9.17, 15) is 0 Å². The van der Waals surface area contributed by atoms with Gasteiger partial charge < -0.3 is 23.5 Å². The summed E-state index contributed by atoms with van der Waals surface area (Å²) < 4.78 is 13.0. The normalized spacial score (nSPS) is 12.9. The van der Waals surface area contributed by atoms with Gasteiger partial charge in [0.2, 0.25) is 0 Å². The largest absolute Gasteiger partial charge is 0.391 e.